The maximum atomic E-state index is 12.9. The monoisotopic (exact) mass is 509 g/mol. The number of benzene rings is 1. The summed E-state index contributed by atoms with van der Waals surface area (Å²) in [5.74, 6) is 0.391. The standard InChI is InChI=1S/C24H24BrN5O3/c25-15-3-5-20-18(11-15)22(19(13-27-20)23(31)14-1-2-14)29-17-4-6-21(28-12-17)33-24(32)30-16-7-9-26-10-8-16/h3-6,11-14,16,26H,1-2,7-10H2,(H,27,29)(H,30,32). The highest BCUT2D eigenvalue weighted by molar-refractivity contribution is 9.10. The van der Waals surface area contributed by atoms with E-state index < -0.39 is 6.09 Å². The number of piperidine rings is 1. The van der Waals surface area contributed by atoms with Crippen LogP contribution in [0.15, 0.2) is 47.2 Å². The molecule has 33 heavy (non-hydrogen) atoms. The molecule has 8 nitrogen and oxygen atoms in total. The van der Waals surface area contributed by atoms with Crippen molar-refractivity contribution in [2.45, 2.75) is 31.7 Å². The van der Waals surface area contributed by atoms with Crippen LogP contribution in [-0.4, -0.2) is 41.0 Å². The van der Waals surface area contributed by atoms with Gasteiger partial charge in [-0.15, -0.1) is 0 Å². The molecule has 1 saturated carbocycles. The Bertz CT molecular complexity index is 1190. The third-order valence-electron chi connectivity index (χ3n) is 5.91. The highest BCUT2D eigenvalue weighted by Crippen LogP contribution is 2.38. The Morgan fingerprint density at radius 2 is 1.85 bits per heavy atom. The van der Waals surface area contributed by atoms with Gasteiger partial charge in [0.2, 0.25) is 5.88 Å². The maximum Gasteiger partial charge on any atom is 0.414 e. The predicted molar refractivity (Wildman–Crippen MR) is 129 cm³/mol. The average Bonchev–Trinajstić information content (AvgIpc) is 3.66. The first-order chi connectivity index (χ1) is 16.1. The summed E-state index contributed by atoms with van der Waals surface area (Å²) in [6, 6.07) is 9.30. The summed E-state index contributed by atoms with van der Waals surface area (Å²) in [6.45, 7) is 1.77. The number of carbonyl (C=O) groups is 2. The molecule has 1 aliphatic heterocycles. The van der Waals surface area contributed by atoms with Gasteiger partial charge in [-0.05, 0) is 63.0 Å². The molecule has 9 heteroatoms. The SMILES string of the molecule is O=C(NC1CCNCC1)Oc1ccc(Nc2c(C(=O)C3CC3)cnc3ccc(Br)cc23)cn1. The third kappa shape index (κ3) is 5.15. The van der Waals surface area contributed by atoms with Crippen LogP contribution < -0.4 is 20.7 Å². The number of fused-ring (bicyclic) bond motifs is 1. The molecule has 0 unspecified atom stereocenters. The smallest absolute Gasteiger partial charge is 0.391 e. The number of amides is 1. The lowest BCUT2D eigenvalue weighted by Crippen LogP contribution is -2.43. The van der Waals surface area contributed by atoms with Gasteiger partial charge in [0.15, 0.2) is 5.78 Å². The predicted octanol–water partition coefficient (Wildman–Crippen LogP) is 4.57. The summed E-state index contributed by atoms with van der Waals surface area (Å²) in [6.07, 6.45) is 6.33. The lowest BCUT2D eigenvalue weighted by atomic mass is 10.0. The van der Waals surface area contributed by atoms with E-state index in [0.717, 1.165) is 54.1 Å². The van der Waals surface area contributed by atoms with Crippen LogP contribution in [0.2, 0.25) is 0 Å². The van der Waals surface area contributed by atoms with Crippen molar-refractivity contribution in [2.24, 2.45) is 5.92 Å². The first-order valence-electron chi connectivity index (χ1n) is 11.1. The minimum atomic E-state index is -0.502. The van der Waals surface area contributed by atoms with Crippen LogP contribution in [0.25, 0.3) is 10.9 Å². The Morgan fingerprint density at radius 3 is 2.58 bits per heavy atom. The van der Waals surface area contributed by atoms with E-state index in [9.17, 15) is 9.59 Å². The number of hydrogen-bond donors (Lipinski definition) is 3. The van der Waals surface area contributed by atoms with Crippen molar-refractivity contribution < 1.29 is 14.3 Å². The van der Waals surface area contributed by atoms with Crippen molar-refractivity contribution in [1.82, 2.24) is 20.6 Å². The van der Waals surface area contributed by atoms with Crippen LogP contribution in [0, 0.1) is 5.92 Å². The van der Waals surface area contributed by atoms with Gasteiger partial charge in [-0.2, -0.15) is 0 Å². The molecule has 170 valence electrons. The second-order valence-corrected chi connectivity index (χ2v) is 9.33. The molecule has 3 heterocycles. The van der Waals surface area contributed by atoms with E-state index in [2.05, 4.69) is 41.8 Å². The number of Topliss-reactive ketones (excluding diaryl/α,β-unsaturated/α-hetero) is 1. The van der Waals surface area contributed by atoms with E-state index >= 15 is 0 Å². The van der Waals surface area contributed by atoms with Crippen LogP contribution in [-0.2, 0) is 0 Å². The summed E-state index contributed by atoms with van der Waals surface area (Å²) in [5.41, 5.74) is 2.75. The van der Waals surface area contributed by atoms with E-state index in [1.165, 1.54) is 0 Å². The van der Waals surface area contributed by atoms with Gasteiger partial charge in [-0.3, -0.25) is 9.78 Å². The van der Waals surface area contributed by atoms with E-state index in [1.807, 2.05) is 18.2 Å². The van der Waals surface area contributed by atoms with E-state index in [1.54, 1.807) is 24.5 Å². The minimum absolute atomic E-state index is 0.0734. The largest absolute Gasteiger partial charge is 0.414 e. The number of rotatable bonds is 6. The number of aromatic nitrogens is 2. The first-order valence-corrected chi connectivity index (χ1v) is 11.9. The molecule has 0 radical (unpaired) electrons. The Labute approximate surface area is 199 Å². The van der Waals surface area contributed by atoms with Gasteiger partial charge in [0.05, 0.1) is 28.7 Å². The van der Waals surface area contributed by atoms with Gasteiger partial charge >= 0.3 is 6.09 Å². The molecule has 3 N–H and O–H groups in total. The van der Waals surface area contributed by atoms with Gasteiger partial charge in [0.1, 0.15) is 0 Å². The van der Waals surface area contributed by atoms with Gasteiger partial charge in [0, 0.05) is 34.1 Å². The van der Waals surface area contributed by atoms with Crippen molar-refractivity contribution in [3.8, 4) is 5.88 Å². The summed E-state index contributed by atoms with van der Waals surface area (Å²) in [5, 5.41) is 10.3. The molecule has 1 aromatic carbocycles. The molecular formula is C24H24BrN5O3. The number of ketones is 1. The number of anilines is 2. The fourth-order valence-corrected chi connectivity index (χ4v) is 4.33. The highest BCUT2D eigenvalue weighted by atomic mass is 79.9. The minimum Gasteiger partial charge on any atom is -0.391 e. The Morgan fingerprint density at radius 1 is 1.03 bits per heavy atom. The van der Waals surface area contributed by atoms with Crippen LogP contribution >= 0.6 is 15.9 Å². The molecule has 0 bridgehead atoms. The maximum absolute atomic E-state index is 12.9. The summed E-state index contributed by atoms with van der Waals surface area (Å²) in [4.78, 5) is 33.8. The zero-order chi connectivity index (χ0) is 22.8. The zero-order valence-electron chi connectivity index (χ0n) is 17.9. The number of nitrogens with zero attached hydrogens (tertiary/aromatic N) is 2. The number of halogens is 1. The van der Waals surface area contributed by atoms with Crippen LogP contribution in [0.4, 0.5) is 16.2 Å². The normalized spacial score (nSPS) is 16.4. The number of pyridine rings is 2. The van der Waals surface area contributed by atoms with Crippen molar-refractivity contribution in [3.05, 3.63) is 52.8 Å². The van der Waals surface area contributed by atoms with Gasteiger partial charge in [-0.25, -0.2) is 9.78 Å². The molecule has 1 saturated heterocycles. The Kier molecular flexibility index (Phi) is 6.24. The van der Waals surface area contributed by atoms with Gasteiger partial charge < -0.3 is 20.7 Å². The topological polar surface area (TPSA) is 105 Å². The highest BCUT2D eigenvalue weighted by Gasteiger charge is 2.32. The van der Waals surface area contributed by atoms with Crippen LogP contribution in [0.5, 0.6) is 5.88 Å². The molecule has 5 rings (SSSR count). The van der Waals surface area contributed by atoms with Crippen molar-refractivity contribution >= 4 is 50.1 Å². The lowest BCUT2D eigenvalue weighted by Gasteiger charge is -2.23. The van der Waals surface area contributed by atoms with Gasteiger partial charge in [0.25, 0.3) is 0 Å². The van der Waals surface area contributed by atoms with Crippen molar-refractivity contribution in [3.63, 3.8) is 0 Å². The Hall–Kier alpha value is -3.04. The number of ether oxygens (including phenoxy) is 1. The van der Waals surface area contributed by atoms with Crippen LogP contribution in [0.1, 0.15) is 36.0 Å². The molecule has 1 amide bonds. The fourth-order valence-electron chi connectivity index (χ4n) is 3.97. The summed E-state index contributed by atoms with van der Waals surface area (Å²) < 4.78 is 6.23. The molecule has 0 atom stereocenters. The van der Waals surface area contributed by atoms with Crippen LogP contribution in [0.3, 0.4) is 0 Å². The van der Waals surface area contributed by atoms with E-state index in [4.69, 9.17) is 4.74 Å². The molecule has 2 aliphatic rings. The lowest BCUT2D eigenvalue weighted by molar-refractivity contribution is 0.0968. The first kappa shape index (κ1) is 21.8. The summed E-state index contributed by atoms with van der Waals surface area (Å²) in [7, 11) is 0. The third-order valence-corrected chi connectivity index (χ3v) is 6.40. The van der Waals surface area contributed by atoms with Crippen molar-refractivity contribution in [2.75, 3.05) is 18.4 Å². The van der Waals surface area contributed by atoms with E-state index in [-0.39, 0.29) is 23.6 Å². The molecule has 2 aromatic heterocycles. The summed E-state index contributed by atoms with van der Waals surface area (Å²) >= 11 is 3.51. The molecule has 3 aromatic rings. The number of carbonyl (C=O) groups excluding carboxylic acids is 2. The Balaban J connectivity index is 1.34. The second-order valence-electron chi connectivity index (χ2n) is 8.42. The second kappa shape index (κ2) is 9.44. The zero-order valence-corrected chi connectivity index (χ0v) is 19.5. The molecule has 0 spiro atoms. The molecular weight excluding hydrogens is 486 g/mol. The molecule has 1 aliphatic carbocycles. The fraction of sp³-hybridized carbons (Fsp3) is 0.333. The van der Waals surface area contributed by atoms with Gasteiger partial charge in [-0.1, -0.05) is 15.9 Å². The quantitative estimate of drug-likeness (QED) is 0.418. The average molecular weight is 510 g/mol. The molecule has 2 fully saturated rings. The van der Waals surface area contributed by atoms with E-state index in [0.29, 0.717) is 16.9 Å². The number of nitrogens with one attached hydrogen (secondary N) is 3. The van der Waals surface area contributed by atoms with Crippen molar-refractivity contribution in [1.29, 1.82) is 0 Å². The number of hydrogen-bond acceptors (Lipinski definition) is 7.